The molecule has 10 heteroatoms. The van der Waals surface area contributed by atoms with Gasteiger partial charge in [-0.25, -0.2) is 4.98 Å². The standard InChI is InChI=1S/C22H21N5O5/c1-26-20(28)11-16(14-4-6-23-7-5-14)25-22(26)27-8-9-30-19(12-27)21(29)24-15-2-3-17-18(10-15)32-13-31-17/h2-7,10-11,19H,8-9,12-13H2,1H3,(H,24,29). The zero-order valence-corrected chi connectivity index (χ0v) is 17.4. The highest BCUT2D eigenvalue weighted by molar-refractivity contribution is 5.95. The molecule has 1 fully saturated rings. The molecule has 0 bridgehead atoms. The Morgan fingerprint density at radius 3 is 2.78 bits per heavy atom. The zero-order valence-electron chi connectivity index (χ0n) is 17.4. The van der Waals surface area contributed by atoms with Gasteiger partial charge >= 0.3 is 0 Å². The maximum atomic E-state index is 12.9. The van der Waals surface area contributed by atoms with E-state index in [1.165, 1.54) is 10.6 Å². The summed E-state index contributed by atoms with van der Waals surface area (Å²) in [6, 6.07) is 10.3. The van der Waals surface area contributed by atoms with E-state index in [-0.39, 0.29) is 24.8 Å². The molecule has 0 saturated carbocycles. The molecule has 10 nitrogen and oxygen atoms in total. The molecule has 2 aromatic heterocycles. The number of benzene rings is 1. The Hall–Kier alpha value is -3.92. The van der Waals surface area contributed by atoms with Crippen LogP contribution in [0.15, 0.2) is 53.6 Å². The lowest BCUT2D eigenvalue weighted by molar-refractivity contribution is -0.128. The number of pyridine rings is 1. The van der Waals surface area contributed by atoms with E-state index in [4.69, 9.17) is 14.2 Å². The number of anilines is 2. The van der Waals surface area contributed by atoms with Gasteiger partial charge in [-0.3, -0.25) is 19.1 Å². The second-order valence-electron chi connectivity index (χ2n) is 7.44. The molecule has 0 radical (unpaired) electrons. The van der Waals surface area contributed by atoms with Crippen LogP contribution in [0.25, 0.3) is 11.3 Å². The maximum Gasteiger partial charge on any atom is 0.255 e. The number of hydrogen-bond donors (Lipinski definition) is 1. The third-order valence-electron chi connectivity index (χ3n) is 5.37. The van der Waals surface area contributed by atoms with Gasteiger partial charge in [0.25, 0.3) is 11.5 Å². The minimum absolute atomic E-state index is 0.164. The number of ether oxygens (including phenoxy) is 3. The largest absolute Gasteiger partial charge is 0.454 e. The van der Waals surface area contributed by atoms with Crippen molar-refractivity contribution >= 4 is 17.5 Å². The number of nitrogens with zero attached hydrogens (tertiary/aromatic N) is 4. The summed E-state index contributed by atoms with van der Waals surface area (Å²) in [5, 5.41) is 2.85. The first kappa shape index (κ1) is 20.0. The van der Waals surface area contributed by atoms with Crippen LogP contribution in [-0.4, -0.2) is 53.0 Å². The molecular weight excluding hydrogens is 414 g/mol. The SMILES string of the molecule is Cn1c(N2CCOC(C(=O)Nc3ccc4c(c3)OCO4)C2)nc(-c2ccncc2)cc1=O. The smallest absolute Gasteiger partial charge is 0.255 e. The molecule has 2 aliphatic rings. The molecule has 1 saturated heterocycles. The third kappa shape index (κ3) is 3.87. The summed E-state index contributed by atoms with van der Waals surface area (Å²) in [6.07, 6.45) is 2.58. The lowest BCUT2D eigenvalue weighted by atomic mass is 10.2. The van der Waals surface area contributed by atoms with E-state index in [1.807, 2.05) is 4.90 Å². The van der Waals surface area contributed by atoms with E-state index < -0.39 is 6.10 Å². The number of morpholine rings is 1. The summed E-state index contributed by atoms with van der Waals surface area (Å²) in [7, 11) is 1.66. The second-order valence-corrected chi connectivity index (χ2v) is 7.44. The first-order valence-electron chi connectivity index (χ1n) is 10.1. The van der Waals surface area contributed by atoms with E-state index in [9.17, 15) is 9.59 Å². The van der Waals surface area contributed by atoms with Crippen LogP contribution >= 0.6 is 0 Å². The van der Waals surface area contributed by atoms with Crippen molar-refractivity contribution in [3.8, 4) is 22.8 Å². The fourth-order valence-corrected chi connectivity index (χ4v) is 3.67. The van der Waals surface area contributed by atoms with E-state index in [2.05, 4.69) is 15.3 Å². The Bertz CT molecular complexity index is 1210. The van der Waals surface area contributed by atoms with Gasteiger partial charge in [0.2, 0.25) is 12.7 Å². The molecule has 0 aliphatic carbocycles. The normalized spacial score (nSPS) is 17.3. The number of nitrogens with one attached hydrogen (secondary N) is 1. The van der Waals surface area contributed by atoms with Gasteiger partial charge in [0, 0.05) is 49.4 Å². The van der Waals surface area contributed by atoms with Gasteiger partial charge in [0.1, 0.15) is 0 Å². The quantitative estimate of drug-likeness (QED) is 0.656. The highest BCUT2D eigenvalue weighted by Crippen LogP contribution is 2.34. The number of carbonyl (C=O) groups excluding carboxylic acids is 1. The zero-order chi connectivity index (χ0) is 22.1. The minimum Gasteiger partial charge on any atom is -0.454 e. The molecule has 5 rings (SSSR count). The first-order valence-corrected chi connectivity index (χ1v) is 10.1. The van der Waals surface area contributed by atoms with E-state index >= 15 is 0 Å². The van der Waals surface area contributed by atoms with E-state index in [0.29, 0.717) is 42.0 Å². The molecule has 4 heterocycles. The van der Waals surface area contributed by atoms with E-state index in [0.717, 1.165) is 5.56 Å². The average Bonchev–Trinajstić information content (AvgIpc) is 3.29. The summed E-state index contributed by atoms with van der Waals surface area (Å²) in [6.45, 7) is 1.26. The van der Waals surface area contributed by atoms with Crippen LogP contribution in [0.5, 0.6) is 11.5 Å². The Kier molecular flexibility index (Phi) is 5.20. The molecule has 1 amide bonds. The summed E-state index contributed by atoms with van der Waals surface area (Å²) in [5.74, 6) is 1.42. The molecule has 1 atom stereocenters. The summed E-state index contributed by atoms with van der Waals surface area (Å²) >= 11 is 0. The topological polar surface area (TPSA) is 108 Å². The Morgan fingerprint density at radius 2 is 1.94 bits per heavy atom. The maximum absolute atomic E-state index is 12.9. The number of fused-ring (bicyclic) bond motifs is 1. The number of hydrogen-bond acceptors (Lipinski definition) is 8. The van der Waals surface area contributed by atoms with E-state index in [1.54, 1.807) is 49.8 Å². The highest BCUT2D eigenvalue weighted by Gasteiger charge is 2.29. The van der Waals surface area contributed by atoms with Crippen LogP contribution in [0.1, 0.15) is 0 Å². The molecule has 0 spiro atoms. The number of carbonyl (C=O) groups is 1. The fourth-order valence-electron chi connectivity index (χ4n) is 3.67. The monoisotopic (exact) mass is 435 g/mol. The molecule has 3 aromatic rings. The average molecular weight is 435 g/mol. The van der Waals surface area contributed by atoms with Crippen molar-refractivity contribution in [3.05, 3.63) is 59.1 Å². The van der Waals surface area contributed by atoms with Crippen LogP contribution in [0, 0.1) is 0 Å². The number of rotatable bonds is 4. The van der Waals surface area contributed by atoms with Crippen LogP contribution in [0.4, 0.5) is 11.6 Å². The van der Waals surface area contributed by atoms with Gasteiger partial charge in [-0.2, -0.15) is 0 Å². The second kappa shape index (κ2) is 8.31. The van der Waals surface area contributed by atoms with Crippen molar-refractivity contribution in [3.63, 3.8) is 0 Å². The number of amides is 1. The summed E-state index contributed by atoms with van der Waals surface area (Å²) in [4.78, 5) is 36.0. The third-order valence-corrected chi connectivity index (χ3v) is 5.37. The lowest BCUT2D eigenvalue weighted by Gasteiger charge is -2.33. The molecular formula is C22H21N5O5. The molecule has 1 aromatic carbocycles. The van der Waals surface area contributed by atoms with Gasteiger partial charge in [-0.15, -0.1) is 0 Å². The van der Waals surface area contributed by atoms with Gasteiger partial charge < -0.3 is 24.4 Å². The van der Waals surface area contributed by atoms with Crippen molar-refractivity contribution in [2.24, 2.45) is 7.05 Å². The lowest BCUT2D eigenvalue weighted by Crippen LogP contribution is -2.49. The molecule has 2 aliphatic heterocycles. The van der Waals surface area contributed by atoms with Crippen LogP contribution in [-0.2, 0) is 16.6 Å². The minimum atomic E-state index is -0.726. The molecule has 32 heavy (non-hydrogen) atoms. The van der Waals surface area contributed by atoms with Crippen LogP contribution in [0.2, 0.25) is 0 Å². The van der Waals surface area contributed by atoms with Crippen molar-refractivity contribution in [1.29, 1.82) is 0 Å². The predicted octanol–water partition coefficient (Wildman–Crippen LogP) is 1.41. The summed E-state index contributed by atoms with van der Waals surface area (Å²) in [5.41, 5.74) is 1.75. The van der Waals surface area contributed by atoms with Crippen molar-refractivity contribution in [1.82, 2.24) is 14.5 Å². The molecule has 1 unspecified atom stereocenters. The Labute approximate surface area is 183 Å². The number of aromatic nitrogens is 3. The first-order chi connectivity index (χ1) is 15.6. The van der Waals surface area contributed by atoms with Crippen molar-refractivity contribution < 1.29 is 19.0 Å². The van der Waals surface area contributed by atoms with Crippen molar-refractivity contribution in [2.45, 2.75) is 6.10 Å². The molecule has 164 valence electrons. The highest BCUT2D eigenvalue weighted by atomic mass is 16.7. The van der Waals surface area contributed by atoms with Crippen LogP contribution < -0.4 is 25.2 Å². The van der Waals surface area contributed by atoms with Gasteiger partial charge in [0.05, 0.1) is 18.8 Å². The van der Waals surface area contributed by atoms with Gasteiger partial charge in [-0.05, 0) is 24.3 Å². The fraction of sp³-hybridized carbons (Fsp3) is 0.273. The van der Waals surface area contributed by atoms with Gasteiger partial charge in [-0.1, -0.05) is 0 Å². The Balaban J connectivity index is 1.35. The van der Waals surface area contributed by atoms with Gasteiger partial charge in [0.15, 0.2) is 17.6 Å². The Morgan fingerprint density at radius 1 is 1.12 bits per heavy atom. The summed E-state index contributed by atoms with van der Waals surface area (Å²) < 4.78 is 17.8. The van der Waals surface area contributed by atoms with Crippen molar-refractivity contribution in [2.75, 3.05) is 36.7 Å². The predicted molar refractivity (Wildman–Crippen MR) is 116 cm³/mol. The molecule has 1 N–H and O–H groups in total. The van der Waals surface area contributed by atoms with Crippen LogP contribution in [0.3, 0.4) is 0 Å².